The number of hydrogen-bond acceptors (Lipinski definition) is 0. The second-order valence-corrected chi connectivity index (χ2v) is 7.72. The minimum atomic E-state index is 0.750. The molecule has 0 aliphatic carbocycles. The summed E-state index contributed by atoms with van der Waals surface area (Å²) in [7, 11) is 0. The van der Waals surface area contributed by atoms with Crippen molar-refractivity contribution in [1.82, 2.24) is 0 Å². The monoisotopic (exact) mass is 342 g/mol. The number of aryl methyl sites for hydroxylation is 3. The molecule has 1 unspecified atom stereocenters. The molecule has 0 heterocycles. The molecule has 0 spiro atoms. The molecule has 3 aromatic rings. The van der Waals surface area contributed by atoms with Gasteiger partial charge >= 0.3 is 0 Å². The van der Waals surface area contributed by atoms with Crippen LogP contribution in [-0.2, 0) is 6.42 Å². The first-order valence-corrected chi connectivity index (χ1v) is 9.78. The van der Waals surface area contributed by atoms with E-state index in [9.17, 15) is 0 Å². The zero-order valence-corrected chi connectivity index (χ0v) is 16.4. The van der Waals surface area contributed by atoms with Gasteiger partial charge in [-0.15, -0.1) is 6.58 Å². The molecule has 0 N–H and O–H groups in total. The van der Waals surface area contributed by atoms with E-state index in [0.29, 0.717) is 0 Å². The molecule has 0 saturated carbocycles. The Morgan fingerprint density at radius 1 is 0.846 bits per heavy atom. The summed E-state index contributed by atoms with van der Waals surface area (Å²) < 4.78 is 0. The first-order chi connectivity index (χ1) is 12.6. The molecule has 0 bridgehead atoms. The second-order valence-electron chi connectivity index (χ2n) is 7.72. The SMILES string of the molecule is C=CCCC(C)CCc1cc(-c2ccc3cc(C)ccc3c2)ccc1C. The second kappa shape index (κ2) is 8.36. The predicted molar refractivity (Wildman–Crippen MR) is 116 cm³/mol. The highest BCUT2D eigenvalue weighted by Crippen LogP contribution is 2.28. The first kappa shape index (κ1) is 18.5. The maximum absolute atomic E-state index is 3.84. The molecule has 0 nitrogen and oxygen atoms in total. The summed E-state index contributed by atoms with van der Waals surface area (Å²) in [6, 6.07) is 20.4. The Kier molecular flexibility index (Phi) is 5.93. The number of hydrogen-bond donors (Lipinski definition) is 0. The average Bonchev–Trinajstić information content (AvgIpc) is 2.65. The summed E-state index contributed by atoms with van der Waals surface area (Å²) in [5.74, 6) is 0.750. The van der Waals surface area contributed by atoms with Gasteiger partial charge in [-0.05, 0) is 84.5 Å². The molecule has 0 fully saturated rings. The van der Waals surface area contributed by atoms with E-state index in [4.69, 9.17) is 0 Å². The van der Waals surface area contributed by atoms with Gasteiger partial charge in [0, 0.05) is 0 Å². The average molecular weight is 343 g/mol. The van der Waals surface area contributed by atoms with Crippen LogP contribution in [0.4, 0.5) is 0 Å². The van der Waals surface area contributed by atoms with Crippen LogP contribution in [0.15, 0.2) is 67.3 Å². The van der Waals surface area contributed by atoms with Crippen molar-refractivity contribution < 1.29 is 0 Å². The van der Waals surface area contributed by atoms with Gasteiger partial charge in [0.05, 0.1) is 0 Å². The summed E-state index contributed by atoms with van der Waals surface area (Å²) in [6.07, 6.45) is 6.80. The Labute approximate surface area is 158 Å². The van der Waals surface area contributed by atoms with E-state index in [1.807, 2.05) is 6.08 Å². The van der Waals surface area contributed by atoms with Crippen LogP contribution in [0.2, 0.25) is 0 Å². The molecule has 0 amide bonds. The van der Waals surface area contributed by atoms with Crippen LogP contribution >= 0.6 is 0 Å². The van der Waals surface area contributed by atoms with Crippen molar-refractivity contribution in [3.63, 3.8) is 0 Å². The molecule has 26 heavy (non-hydrogen) atoms. The molecule has 0 radical (unpaired) electrons. The van der Waals surface area contributed by atoms with E-state index in [-0.39, 0.29) is 0 Å². The van der Waals surface area contributed by atoms with Gasteiger partial charge in [0.2, 0.25) is 0 Å². The molecular formula is C26H30. The maximum atomic E-state index is 3.84. The van der Waals surface area contributed by atoms with Crippen molar-refractivity contribution in [3.05, 3.63) is 83.9 Å². The molecule has 134 valence electrons. The maximum Gasteiger partial charge on any atom is -0.0178 e. The van der Waals surface area contributed by atoms with Crippen LogP contribution in [0.1, 0.15) is 42.9 Å². The lowest BCUT2D eigenvalue weighted by atomic mass is 9.92. The van der Waals surface area contributed by atoms with Gasteiger partial charge < -0.3 is 0 Å². The lowest BCUT2D eigenvalue weighted by Gasteiger charge is -2.13. The number of allylic oxidation sites excluding steroid dienone is 1. The number of benzene rings is 3. The lowest BCUT2D eigenvalue weighted by molar-refractivity contribution is 0.497. The van der Waals surface area contributed by atoms with E-state index in [1.54, 1.807) is 0 Å². The van der Waals surface area contributed by atoms with Crippen LogP contribution < -0.4 is 0 Å². The Hall–Kier alpha value is -2.34. The fraction of sp³-hybridized carbons (Fsp3) is 0.308. The third-order valence-electron chi connectivity index (χ3n) is 5.45. The molecule has 0 aliphatic heterocycles. The zero-order chi connectivity index (χ0) is 18.5. The third kappa shape index (κ3) is 4.43. The van der Waals surface area contributed by atoms with Crippen molar-refractivity contribution in [3.8, 4) is 11.1 Å². The van der Waals surface area contributed by atoms with Gasteiger partial charge in [0.25, 0.3) is 0 Å². The van der Waals surface area contributed by atoms with Crippen molar-refractivity contribution >= 4 is 10.8 Å². The molecule has 1 atom stereocenters. The molecule has 3 aromatic carbocycles. The van der Waals surface area contributed by atoms with Gasteiger partial charge in [0.1, 0.15) is 0 Å². The molecule has 0 heteroatoms. The van der Waals surface area contributed by atoms with Crippen molar-refractivity contribution in [2.45, 2.75) is 46.5 Å². The minimum Gasteiger partial charge on any atom is -0.103 e. The van der Waals surface area contributed by atoms with Crippen molar-refractivity contribution in [2.75, 3.05) is 0 Å². The summed E-state index contributed by atoms with van der Waals surface area (Å²) in [4.78, 5) is 0. The van der Waals surface area contributed by atoms with Crippen molar-refractivity contribution in [1.29, 1.82) is 0 Å². The Morgan fingerprint density at radius 3 is 2.35 bits per heavy atom. The lowest BCUT2D eigenvalue weighted by Crippen LogP contribution is -1.99. The highest BCUT2D eigenvalue weighted by atomic mass is 14.1. The normalized spacial score (nSPS) is 12.3. The zero-order valence-electron chi connectivity index (χ0n) is 16.4. The van der Waals surface area contributed by atoms with Crippen LogP contribution in [0, 0.1) is 19.8 Å². The molecule has 0 aliphatic rings. The van der Waals surface area contributed by atoms with Gasteiger partial charge in [-0.1, -0.05) is 67.1 Å². The fourth-order valence-corrected chi connectivity index (χ4v) is 3.61. The van der Waals surface area contributed by atoms with Gasteiger partial charge in [0.15, 0.2) is 0 Å². The molecular weight excluding hydrogens is 312 g/mol. The summed E-state index contributed by atoms with van der Waals surface area (Å²) in [5.41, 5.74) is 6.83. The highest BCUT2D eigenvalue weighted by molar-refractivity contribution is 5.87. The van der Waals surface area contributed by atoms with E-state index in [2.05, 4.69) is 81.9 Å². The first-order valence-electron chi connectivity index (χ1n) is 9.78. The quantitative estimate of drug-likeness (QED) is 0.387. The Balaban J connectivity index is 1.82. The topological polar surface area (TPSA) is 0 Å². The predicted octanol–water partition coefficient (Wildman–Crippen LogP) is 7.66. The molecule has 0 saturated heterocycles. The molecule has 0 aromatic heterocycles. The smallest absolute Gasteiger partial charge is 0.0178 e. The largest absolute Gasteiger partial charge is 0.103 e. The van der Waals surface area contributed by atoms with Crippen LogP contribution in [0.3, 0.4) is 0 Å². The summed E-state index contributed by atoms with van der Waals surface area (Å²) in [5, 5.41) is 2.63. The summed E-state index contributed by atoms with van der Waals surface area (Å²) >= 11 is 0. The van der Waals surface area contributed by atoms with E-state index >= 15 is 0 Å². The van der Waals surface area contributed by atoms with Crippen molar-refractivity contribution in [2.24, 2.45) is 5.92 Å². The highest BCUT2D eigenvalue weighted by Gasteiger charge is 2.07. The van der Waals surface area contributed by atoms with E-state index < -0.39 is 0 Å². The molecule has 3 rings (SSSR count). The number of fused-ring (bicyclic) bond motifs is 1. The standard InChI is InChI=1S/C26H30/c1-5-6-7-19(2)8-11-22-17-25(13-10-21(22)4)26-15-14-23-16-20(3)9-12-24(23)18-26/h5,9-10,12-19H,1,6-8,11H2,2-4H3. The summed E-state index contributed by atoms with van der Waals surface area (Å²) in [6.45, 7) is 10.6. The van der Waals surface area contributed by atoms with Crippen LogP contribution in [0.5, 0.6) is 0 Å². The number of rotatable bonds is 7. The van der Waals surface area contributed by atoms with Crippen LogP contribution in [-0.4, -0.2) is 0 Å². The van der Waals surface area contributed by atoms with Crippen LogP contribution in [0.25, 0.3) is 21.9 Å². The minimum absolute atomic E-state index is 0.750. The Bertz CT molecular complexity index is 901. The third-order valence-corrected chi connectivity index (χ3v) is 5.45. The van der Waals surface area contributed by atoms with Gasteiger partial charge in [-0.2, -0.15) is 0 Å². The van der Waals surface area contributed by atoms with E-state index in [0.717, 1.165) is 18.8 Å². The fourth-order valence-electron chi connectivity index (χ4n) is 3.61. The van der Waals surface area contributed by atoms with Gasteiger partial charge in [-0.3, -0.25) is 0 Å². The van der Waals surface area contributed by atoms with Gasteiger partial charge in [-0.25, -0.2) is 0 Å². The van der Waals surface area contributed by atoms with E-state index in [1.165, 1.54) is 51.4 Å². The Morgan fingerprint density at radius 2 is 1.54 bits per heavy atom.